The second-order valence-electron chi connectivity index (χ2n) is 21.6. The molecule has 27 heteroatoms. The van der Waals surface area contributed by atoms with Gasteiger partial charge >= 0.3 is 6.09 Å². The summed E-state index contributed by atoms with van der Waals surface area (Å²) in [4.78, 5) is 111. The second-order valence-corrected chi connectivity index (χ2v) is 22.1. The van der Waals surface area contributed by atoms with Crippen LogP contribution in [-0.4, -0.2) is 170 Å². The summed E-state index contributed by atoms with van der Waals surface area (Å²) < 4.78 is 37.1. The number of benzene rings is 3. The van der Waals surface area contributed by atoms with Crippen molar-refractivity contribution in [2.24, 2.45) is 5.73 Å². The van der Waals surface area contributed by atoms with Crippen LogP contribution in [0.1, 0.15) is 132 Å². The van der Waals surface area contributed by atoms with Gasteiger partial charge < -0.3 is 65.5 Å². The van der Waals surface area contributed by atoms with Crippen LogP contribution in [0, 0.1) is 0 Å². The van der Waals surface area contributed by atoms with Crippen molar-refractivity contribution in [3.8, 4) is 34.5 Å². The van der Waals surface area contributed by atoms with Crippen LogP contribution in [0.2, 0.25) is 0 Å². The number of hydrogen-bond acceptors (Lipinski definition) is 20. The Morgan fingerprint density at radius 2 is 0.776 bits per heavy atom. The molecule has 0 saturated carbocycles. The lowest BCUT2D eigenvalue weighted by Gasteiger charge is -2.32. The SMILES string of the molecule is C.CC(=O)Cl.CC(=O)NC1CCN(CC(=O)Nc2cc3c(cc2C(C)=O)OCO3)CC1.CC(=O)c1cc2c(cc1NC(=O)CN1CCC(N)CC1)OCO2.CC(=O)c1cc2c(cc1NC(=O)CN1CCC(NC(=O)OC(C)(C)C)CC1)OCO2.Cl. The Morgan fingerprint density at radius 3 is 1.05 bits per heavy atom. The Hall–Kier alpha value is -7.29. The third kappa shape index (κ3) is 22.6. The maximum absolute atomic E-state index is 12.5. The lowest BCUT2D eigenvalue weighted by atomic mass is 10.0. The maximum Gasteiger partial charge on any atom is 0.407 e. The van der Waals surface area contributed by atoms with Crippen molar-refractivity contribution in [1.82, 2.24) is 25.3 Å². The molecule has 85 heavy (non-hydrogen) atoms. The smallest absolute Gasteiger partial charge is 0.407 e. The number of likely N-dealkylation sites (tertiary alicyclic amines) is 3. The molecule has 6 aliphatic rings. The number of alkyl carbamates (subject to hydrolysis) is 1. The number of ether oxygens (including phenoxy) is 7. The van der Waals surface area contributed by atoms with E-state index in [4.69, 9.17) is 38.9 Å². The van der Waals surface area contributed by atoms with Crippen molar-refractivity contribution >= 4 is 93.4 Å². The van der Waals surface area contributed by atoms with E-state index in [1.54, 1.807) is 36.4 Å². The summed E-state index contributed by atoms with van der Waals surface area (Å²) in [5.41, 5.74) is 7.84. The molecule has 3 saturated heterocycles. The zero-order chi connectivity index (χ0) is 60.5. The van der Waals surface area contributed by atoms with Crippen LogP contribution in [0.25, 0.3) is 0 Å². The van der Waals surface area contributed by atoms with Gasteiger partial charge in [0.05, 0.1) is 36.7 Å². The number of carbonyl (C=O) groups excluding carboxylic acids is 9. The minimum absolute atomic E-state index is 0. The Labute approximate surface area is 506 Å². The first kappa shape index (κ1) is 70.2. The summed E-state index contributed by atoms with van der Waals surface area (Å²) in [5.74, 6) is 2.04. The Kier molecular flexibility index (Phi) is 27.1. The highest BCUT2D eigenvalue weighted by Crippen LogP contribution is 2.40. The highest BCUT2D eigenvalue weighted by Gasteiger charge is 2.28. The van der Waals surface area contributed by atoms with Gasteiger partial charge in [-0.25, -0.2) is 4.79 Å². The highest BCUT2D eigenvalue weighted by atomic mass is 35.5. The number of rotatable bonds is 14. The number of ketones is 3. The summed E-state index contributed by atoms with van der Waals surface area (Å²) in [6, 6.07) is 10.1. The number of nitrogens with two attached hydrogens (primary N) is 1. The van der Waals surface area contributed by atoms with E-state index in [-0.39, 0.29) is 118 Å². The first-order valence-electron chi connectivity index (χ1n) is 27.4. The molecule has 7 N–H and O–H groups in total. The molecule has 0 aromatic heterocycles. The predicted octanol–water partition coefficient (Wildman–Crippen LogP) is 6.51. The van der Waals surface area contributed by atoms with E-state index in [1.165, 1.54) is 34.6 Å². The predicted molar refractivity (Wildman–Crippen MR) is 320 cm³/mol. The average Bonchev–Trinajstić information content (AvgIpc) is 4.22. The third-order valence-corrected chi connectivity index (χ3v) is 13.5. The van der Waals surface area contributed by atoms with Gasteiger partial charge in [-0.1, -0.05) is 7.43 Å². The molecule has 0 atom stereocenters. The third-order valence-electron chi connectivity index (χ3n) is 13.5. The van der Waals surface area contributed by atoms with E-state index in [1.807, 2.05) is 30.6 Å². The highest BCUT2D eigenvalue weighted by molar-refractivity contribution is 6.62. The van der Waals surface area contributed by atoms with E-state index in [0.29, 0.717) is 87.9 Å². The molecule has 6 heterocycles. The first-order chi connectivity index (χ1) is 39.3. The molecule has 0 bridgehead atoms. The average molecular weight is 1230 g/mol. The monoisotopic (exact) mass is 1230 g/mol. The summed E-state index contributed by atoms with van der Waals surface area (Å²) in [7, 11) is 0. The summed E-state index contributed by atoms with van der Waals surface area (Å²) in [6.07, 6.45) is 4.47. The Bertz CT molecular complexity index is 2880. The molecule has 3 aromatic carbocycles. The van der Waals surface area contributed by atoms with Gasteiger partial charge in [0, 0.05) is 106 Å². The zero-order valence-electron chi connectivity index (χ0n) is 48.7. The van der Waals surface area contributed by atoms with Crippen molar-refractivity contribution in [3.05, 3.63) is 53.1 Å². The van der Waals surface area contributed by atoms with Gasteiger partial charge in [-0.05, 0) is 110 Å². The van der Waals surface area contributed by atoms with Gasteiger partial charge in [0.2, 0.25) is 49.2 Å². The molecule has 0 spiro atoms. The number of nitrogens with one attached hydrogen (secondary N) is 5. The molecular weight excluding hydrogens is 1150 g/mol. The molecule has 0 aliphatic carbocycles. The molecule has 468 valence electrons. The van der Waals surface area contributed by atoms with Gasteiger partial charge in [0.1, 0.15) is 5.60 Å². The molecule has 3 fully saturated rings. The Balaban J connectivity index is 0.000000263. The number of carbonyl (C=O) groups is 9. The van der Waals surface area contributed by atoms with E-state index in [0.717, 1.165) is 64.7 Å². The lowest BCUT2D eigenvalue weighted by molar-refractivity contribution is -0.121. The van der Waals surface area contributed by atoms with Crippen LogP contribution in [0.3, 0.4) is 0 Å². The molecule has 9 rings (SSSR count). The van der Waals surface area contributed by atoms with Crippen LogP contribution in [0.4, 0.5) is 21.9 Å². The largest absolute Gasteiger partial charge is 0.454 e. The number of anilines is 3. The van der Waals surface area contributed by atoms with Crippen molar-refractivity contribution in [3.63, 3.8) is 0 Å². The fourth-order valence-electron chi connectivity index (χ4n) is 9.53. The number of fused-ring (bicyclic) bond motifs is 3. The molecule has 0 unspecified atom stereocenters. The van der Waals surface area contributed by atoms with Gasteiger partial charge in [0.25, 0.3) is 0 Å². The fourth-order valence-corrected chi connectivity index (χ4v) is 9.53. The number of piperidine rings is 3. The lowest BCUT2D eigenvalue weighted by Crippen LogP contribution is -2.47. The van der Waals surface area contributed by atoms with Crippen molar-refractivity contribution in [2.75, 3.05) is 95.2 Å². The van der Waals surface area contributed by atoms with Gasteiger partial charge in [-0.15, -0.1) is 12.4 Å². The maximum atomic E-state index is 12.5. The normalized spacial score (nSPS) is 16.3. The van der Waals surface area contributed by atoms with E-state index in [2.05, 4.69) is 43.1 Å². The van der Waals surface area contributed by atoms with E-state index < -0.39 is 11.7 Å². The van der Waals surface area contributed by atoms with Crippen molar-refractivity contribution in [2.45, 2.75) is 125 Å². The van der Waals surface area contributed by atoms with E-state index in [9.17, 15) is 43.2 Å². The van der Waals surface area contributed by atoms with Gasteiger partial charge in [-0.2, -0.15) is 0 Å². The van der Waals surface area contributed by atoms with Crippen LogP contribution in [0.5, 0.6) is 34.5 Å². The van der Waals surface area contributed by atoms with Gasteiger partial charge in [0.15, 0.2) is 51.8 Å². The van der Waals surface area contributed by atoms with Crippen LogP contribution in [0.15, 0.2) is 36.4 Å². The van der Waals surface area contributed by atoms with E-state index >= 15 is 0 Å². The fraction of sp³-hybridized carbons (Fsp3) is 0.534. The van der Waals surface area contributed by atoms with Crippen LogP contribution < -0.4 is 60.7 Å². The number of amides is 5. The molecule has 3 aromatic rings. The molecule has 25 nitrogen and oxygen atoms in total. The molecule has 0 radical (unpaired) electrons. The summed E-state index contributed by atoms with van der Waals surface area (Å²) in [6.45, 7) is 18.1. The standard InChI is InChI=1S/C21H29N3O6.C18H23N3O5.C16H21N3O4.C2H3ClO.CH4.ClH/c1-13(25)15-9-17-18(29-12-28-17)10-16(15)23-19(26)11-24-7-5-14(6-8-24)22-20(27)30-21(2,3)4;1-11(22)14-7-16-17(26-10-25-16)8-15(14)20-18(24)9-21-5-3-13(4-6-21)19-12(2)23;1-10(20)12-6-14-15(23-9-22-14)7-13(12)18-16(21)8-19-4-2-11(17)3-5-19;1-2(3)4;;/h9-10,14H,5-8,11-12H2,1-4H3,(H,22,27)(H,23,26);7-8,13H,3-6,9-10H2,1-2H3,(H,19,23)(H,20,24);6-7,11H,2-5,8-9,17H2,1H3,(H,18,21);1H3;1H4;1H. The molecule has 6 aliphatic heterocycles. The topological polar surface area (TPSA) is 314 Å². The number of hydrogen-bond donors (Lipinski definition) is 6. The first-order valence-corrected chi connectivity index (χ1v) is 27.8. The number of nitrogens with zero attached hydrogens (tertiary/aromatic N) is 3. The number of Topliss-reactive ketones (excluding diaryl/α,β-unsaturated/α-hetero) is 3. The van der Waals surface area contributed by atoms with Crippen molar-refractivity contribution in [1.29, 1.82) is 0 Å². The second kappa shape index (κ2) is 32.8. The minimum atomic E-state index is -0.531. The molecular formula is C58H81Cl2N9O16. The quantitative estimate of drug-likeness (QED) is 0.0740. The van der Waals surface area contributed by atoms with Crippen LogP contribution >= 0.6 is 24.0 Å². The van der Waals surface area contributed by atoms with Crippen LogP contribution in [-0.2, 0) is 28.7 Å². The van der Waals surface area contributed by atoms with Crippen molar-refractivity contribution < 1.29 is 76.3 Å². The summed E-state index contributed by atoms with van der Waals surface area (Å²) >= 11 is 4.64. The zero-order valence-corrected chi connectivity index (χ0v) is 50.2. The molecule has 5 amide bonds. The van der Waals surface area contributed by atoms with Gasteiger partial charge in [-0.3, -0.25) is 53.1 Å². The summed E-state index contributed by atoms with van der Waals surface area (Å²) in [5, 5.41) is 13.9. The number of halogens is 2. The Morgan fingerprint density at radius 1 is 0.506 bits per heavy atom. The minimum Gasteiger partial charge on any atom is -0.454 e.